The normalized spacial score (nSPS) is 15.8. The van der Waals surface area contributed by atoms with Crippen LogP contribution in [0, 0.1) is 10.1 Å². The van der Waals surface area contributed by atoms with E-state index in [0.717, 1.165) is 11.4 Å². The number of piperazine rings is 1. The first-order chi connectivity index (χ1) is 14.1. The van der Waals surface area contributed by atoms with Gasteiger partial charge in [0, 0.05) is 32.2 Å². The van der Waals surface area contributed by atoms with Gasteiger partial charge in [-0.05, 0) is 12.1 Å². The lowest BCUT2D eigenvalue weighted by atomic mass is 10.1. The topological polar surface area (TPSA) is 94.4 Å². The highest BCUT2D eigenvalue weighted by Crippen LogP contribution is 2.37. The van der Waals surface area contributed by atoms with Crippen LogP contribution in [0.1, 0.15) is 10.4 Å². The fourth-order valence-electron chi connectivity index (χ4n) is 3.61. The van der Waals surface area contributed by atoms with E-state index < -0.39 is 4.92 Å². The van der Waals surface area contributed by atoms with Crippen molar-refractivity contribution in [1.82, 2.24) is 4.90 Å². The largest absolute Gasteiger partial charge is 0.495 e. The summed E-state index contributed by atoms with van der Waals surface area (Å²) in [5.74, 6) is 1.04. The van der Waals surface area contributed by atoms with Crippen LogP contribution in [0.25, 0.3) is 0 Å². The van der Waals surface area contributed by atoms with Crippen molar-refractivity contribution >= 4 is 17.3 Å². The summed E-state index contributed by atoms with van der Waals surface area (Å²) in [4.78, 5) is 27.8. The Morgan fingerprint density at radius 3 is 2.38 bits per heavy atom. The van der Waals surface area contributed by atoms with Gasteiger partial charge in [-0.1, -0.05) is 12.1 Å². The second kappa shape index (κ2) is 7.86. The lowest BCUT2D eigenvalue weighted by Crippen LogP contribution is -2.49. The number of nitro benzene ring substituents is 1. The SMILES string of the molecule is COc1ccccc1N1CCN(C(=O)c2cc3c(cc2[N+](=O)[O-])OCCO3)CC1. The minimum absolute atomic E-state index is 0.0185. The number of anilines is 1. The molecule has 1 amide bonds. The van der Waals surface area contributed by atoms with Crippen molar-refractivity contribution in [2.24, 2.45) is 0 Å². The van der Waals surface area contributed by atoms with Gasteiger partial charge in [0.1, 0.15) is 24.5 Å². The van der Waals surface area contributed by atoms with E-state index >= 15 is 0 Å². The summed E-state index contributed by atoms with van der Waals surface area (Å²) in [6.45, 7) is 2.76. The first kappa shape index (κ1) is 18.9. The molecule has 0 radical (unpaired) electrons. The standard InChI is InChI=1S/C20H21N3O6/c1-27-17-5-3-2-4-15(17)21-6-8-22(9-7-21)20(24)14-12-18-19(29-11-10-28-18)13-16(14)23(25)26/h2-5,12-13H,6-11H2,1H3. The van der Waals surface area contributed by atoms with Crippen molar-refractivity contribution in [3.63, 3.8) is 0 Å². The molecule has 0 spiro atoms. The van der Waals surface area contributed by atoms with Crippen molar-refractivity contribution in [1.29, 1.82) is 0 Å². The number of benzene rings is 2. The van der Waals surface area contributed by atoms with Crippen LogP contribution in [-0.2, 0) is 0 Å². The van der Waals surface area contributed by atoms with E-state index in [-0.39, 0.29) is 17.2 Å². The van der Waals surface area contributed by atoms with E-state index in [1.54, 1.807) is 12.0 Å². The summed E-state index contributed by atoms with van der Waals surface area (Å²) in [7, 11) is 1.62. The van der Waals surface area contributed by atoms with Gasteiger partial charge in [0.15, 0.2) is 11.5 Å². The number of amides is 1. The van der Waals surface area contributed by atoms with Crippen molar-refractivity contribution < 1.29 is 23.9 Å². The van der Waals surface area contributed by atoms with E-state index in [1.165, 1.54) is 12.1 Å². The van der Waals surface area contributed by atoms with E-state index in [2.05, 4.69) is 4.90 Å². The van der Waals surface area contributed by atoms with Crippen molar-refractivity contribution in [2.75, 3.05) is 51.4 Å². The van der Waals surface area contributed by atoms with Crippen molar-refractivity contribution in [3.8, 4) is 17.2 Å². The molecule has 1 fully saturated rings. The average Bonchev–Trinajstić information content (AvgIpc) is 2.77. The summed E-state index contributed by atoms with van der Waals surface area (Å²) in [6, 6.07) is 10.4. The zero-order chi connectivity index (χ0) is 20.4. The first-order valence-corrected chi connectivity index (χ1v) is 9.34. The Balaban J connectivity index is 1.53. The molecule has 152 valence electrons. The maximum atomic E-state index is 13.1. The van der Waals surface area contributed by atoms with Crippen LogP contribution < -0.4 is 19.1 Å². The fourth-order valence-corrected chi connectivity index (χ4v) is 3.61. The van der Waals surface area contributed by atoms with Crippen LogP contribution in [0.5, 0.6) is 17.2 Å². The molecule has 0 bridgehead atoms. The molecule has 2 aliphatic heterocycles. The molecule has 2 heterocycles. The van der Waals surface area contributed by atoms with Crippen LogP contribution in [0.15, 0.2) is 36.4 Å². The lowest BCUT2D eigenvalue weighted by molar-refractivity contribution is -0.385. The summed E-state index contributed by atoms with van der Waals surface area (Å²) >= 11 is 0. The molecular weight excluding hydrogens is 378 g/mol. The third kappa shape index (κ3) is 3.63. The Morgan fingerprint density at radius 2 is 1.72 bits per heavy atom. The summed E-state index contributed by atoms with van der Waals surface area (Å²) in [6.07, 6.45) is 0. The average molecular weight is 399 g/mol. The van der Waals surface area contributed by atoms with Crippen molar-refractivity contribution in [2.45, 2.75) is 0 Å². The number of rotatable bonds is 4. The van der Waals surface area contributed by atoms with Gasteiger partial charge in [0.25, 0.3) is 11.6 Å². The predicted octanol–water partition coefficient (Wildman–Crippen LogP) is 2.34. The van der Waals surface area contributed by atoms with Crippen LogP contribution in [0.3, 0.4) is 0 Å². The zero-order valence-corrected chi connectivity index (χ0v) is 16.0. The van der Waals surface area contributed by atoms with Gasteiger partial charge in [0.2, 0.25) is 0 Å². The molecule has 0 N–H and O–H groups in total. The maximum absolute atomic E-state index is 13.1. The molecule has 2 aromatic carbocycles. The molecule has 1 saturated heterocycles. The number of carbonyl (C=O) groups excluding carboxylic acids is 1. The van der Waals surface area contributed by atoms with E-state index in [1.807, 2.05) is 24.3 Å². The Morgan fingerprint density at radius 1 is 1.07 bits per heavy atom. The van der Waals surface area contributed by atoms with Crippen LogP contribution in [0.4, 0.5) is 11.4 Å². The van der Waals surface area contributed by atoms with Gasteiger partial charge < -0.3 is 24.0 Å². The lowest BCUT2D eigenvalue weighted by Gasteiger charge is -2.36. The fraction of sp³-hybridized carbons (Fsp3) is 0.350. The predicted molar refractivity (Wildman–Crippen MR) is 105 cm³/mol. The summed E-state index contributed by atoms with van der Waals surface area (Å²) < 4.78 is 16.3. The van der Waals surface area contributed by atoms with Gasteiger partial charge in [-0.3, -0.25) is 14.9 Å². The molecule has 2 aliphatic rings. The zero-order valence-electron chi connectivity index (χ0n) is 16.0. The number of hydrogen-bond donors (Lipinski definition) is 0. The van der Waals surface area contributed by atoms with Crippen LogP contribution in [-0.4, -0.2) is 62.2 Å². The second-order valence-corrected chi connectivity index (χ2v) is 6.72. The first-order valence-electron chi connectivity index (χ1n) is 9.34. The molecule has 0 unspecified atom stereocenters. The Labute approximate surface area is 167 Å². The molecule has 2 aromatic rings. The molecule has 0 aliphatic carbocycles. The minimum atomic E-state index is -0.559. The van der Waals surface area contributed by atoms with Gasteiger partial charge in [-0.25, -0.2) is 0 Å². The molecule has 0 aromatic heterocycles. The van der Waals surface area contributed by atoms with E-state index in [0.29, 0.717) is 50.9 Å². The molecule has 0 saturated carbocycles. The number of para-hydroxylation sites is 2. The molecule has 29 heavy (non-hydrogen) atoms. The number of hydrogen-bond acceptors (Lipinski definition) is 7. The summed E-state index contributed by atoms with van der Waals surface area (Å²) in [5, 5.41) is 11.5. The smallest absolute Gasteiger partial charge is 0.286 e. The molecule has 4 rings (SSSR count). The minimum Gasteiger partial charge on any atom is -0.495 e. The number of nitro groups is 1. The third-order valence-corrected chi connectivity index (χ3v) is 5.08. The second-order valence-electron chi connectivity index (χ2n) is 6.72. The van der Waals surface area contributed by atoms with Gasteiger partial charge in [0.05, 0.1) is 23.8 Å². The van der Waals surface area contributed by atoms with E-state index in [9.17, 15) is 14.9 Å². The summed E-state index contributed by atoms with van der Waals surface area (Å²) in [5.41, 5.74) is 0.712. The van der Waals surface area contributed by atoms with Gasteiger partial charge >= 0.3 is 0 Å². The molecule has 9 nitrogen and oxygen atoms in total. The molecule has 9 heteroatoms. The number of ether oxygens (including phenoxy) is 3. The highest BCUT2D eigenvalue weighted by molar-refractivity contribution is 5.99. The number of methoxy groups -OCH3 is 1. The monoisotopic (exact) mass is 399 g/mol. The Hall–Kier alpha value is -3.49. The highest BCUT2D eigenvalue weighted by atomic mass is 16.6. The molecule has 0 atom stereocenters. The third-order valence-electron chi connectivity index (χ3n) is 5.08. The van der Waals surface area contributed by atoms with Crippen LogP contribution in [0.2, 0.25) is 0 Å². The number of nitrogens with zero attached hydrogens (tertiary/aromatic N) is 3. The van der Waals surface area contributed by atoms with Crippen molar-refractivity contribution in [3.05, 3.63) is 52.1 Å². The highest BCUT2D eigenvalue weighted by Gasteiger charge is 2.31. The Kier molecular flexibility index (Phi) is 5.11. The molecular formula is C20H21N3O6. The number of fused-ring (bicyclic) bond motifs is 1. The Bertz CT molecular complexity index is 940. The van der Waals surface area contributed by atoms with Gasteiger partial charge in [-0.2, -0.15) is 0 Å². The van der Waals surface area contributed by atoms with Crippen LogP contribution >= 0.6 is 0 Å². The van der Waals surface area contributed by atoms with Gasteiger partial charge in [-0.15, -0.1) is 0 Å². The number of carbonyl (C=O) groups is 1. The van der Waals surface area contributed by atoms with E-state index in [4.69, 9.17) is 14.2 Å². The maximum Gasteiger partial charge on any atom is 0.286 e. The quantitative estimate of drug-likeness (QED) is 0.575.